The molecule has 1 unspecified atom stereocenters. The van der Waals surface area contributed by atoms with E-state index in [0.717, 1.165) is 29.9 Å². The van der Waals surface area contributed by atoms with Crippen molar-refractivity contribution < 1.29 is 9.47 Å². The molecule has 1 aliphatic rings. The molecule has 0 aliphatic carbocycles. The lowest BCUT2D eigenvalue weighted by Crippen LogP contribution is -2.16. The Labute approximate surface area is 90.2 Å². The van der Waals surface area contributed by atoms with Crippen LogP contribution in [0.25, 0.3) is 0 Å². The summed E-state index contributed by atoms with van der Waals surface area (Å²) in [6.07, 6.45) is 1.18. The van der Waals surface area contributed by atoms with Gasteiger partial charge in [-0.3, -0.25) is 0 Å². The van der Waals surface area contributed by atoms with Crippen LogP contribution in [0.3, 0.4) is 0 Å². The van der Waals surface area contributed by atoms with Gasteiger partial charge in [-0.05, 0) is 24.1 Å². The van der Waals surface area contributed by atoms with Crippen molar-refractivity contribution in [1.29, 1.82) is 0 Å². The Morgan fingerprint density at radius 1 is 1.53 bits per heavy atom. The summed E-state index contributed by atoms with van der Waals surface area (Å²) in [5, 5.41) is 0. The lowest BCUT2D eigenvalue weighted by Gasteiger charge is -2.14. The Morgan fingerprint density at radius 2 is 2.40 bits per heavy atom. The minimum absolute atomic E-state index is 0.205. The van der Waals surface area contributed by atoms with Crippen molar-refractivity contribution in [3.8, 4) is 5.75 Å². The zero-order valence-corrected chi connectivity index (χ0v) is 9.03. The fourth-order valence-electron chi connectivity index (χ4n) is 1.68. The van der Waals surface area contributed by atoms with E-state index in [4.69, 9.17) is 15.2 Å². The van der Waals surface area contributed by atoms with Crippen LogP contribution in [-0.2, 0) is 11.3 Å². The van der Waals surface area contributed by atoms with Crippen LogP contribution in [0.1, 0.15) is 17.5 Å². The van der Waals surface area contributed by atoms with Gasteiger partial charge in [-0.1, -0.05) is 12.1 Å². The summed E-state index contributed by atoms with van der Waals surface area (Å²) in [5.41, 5.74) is 7.85. The third kappa shape index (κ3) is 2.49. The molecule has 0 aromatic heterocycles. The topological polar surface area (TPSA) is 44.5 Å². The molecule has 0 spiro atoms. The first-order chi connectivity index (χ1) is 7.29. The Balaban J connectivity index is 2.11. The summed E-state index contributed by atoms with van der Waals surface area (Å²) in [6, 6.07) is 6.11. The number of hydrogen-bond donors (Lipinski definition) is 1. The first kappa shape index (κ1) is 10.5. The van der Waals surface area contributed by atoms with Gasteiger partial charge in [0, 0.05) is 13.0 Å². The van der Waals surface area contributed by atoms with Gasteiger partial charge >= 0.3 is 0 Å². The van der Waals surface area contributed by atoms with Crippen LogP contribution in [0.5, 0.6) is 5.75 Å². The van der Waals surface area contributed by atoms with E-state index in [1.807, 2.05) is 25.1 Å². The van der Waals surface area contributed by atoms with Crippen molar-refractivity contribution in [1.82, 2.24) is 0 Å². The van der Waals surface area contributed by atoms with E-state index < -0.39 is 0 Å². The summed E-state index contributed by atoms with van der Waals surface area (Å²) < 4.78 is 11.1. The predicted molar refractivity (Wildman–Crippen MR) is 58.9 cm³/mol. The standard InChI is InChI=1S/C12H17NO2/c1-9-2-3-10(7-13)6-12(9)15-11-4-5-14-8-11/h2-3,6,11H,4-5,7-8,13H2,1H3. The van der Waals surface area contributed by atoms with Gasteiger partial charge in [-0.25, -0.2) is 0 Å². The van der Waals surface area contributed by atoms with Crippen molar-refractivity contribution in [3.63, 3.8) is 0 Å². The van der Waals surface area contributed by atoms with Crippen LogP contribution in [0.4, 0.5) is 0 Å². The second-order valence-corrected chi connectivity index (χ2v) is 3.91. The minimum Gasteiger partial charge on any atom is -0.488 e. The van der Waals surface area contributed by atoms with E-state index in [-0.39, 0.29) is 6.10 Å². The van der Waals surface area contributed by atoms with E-state index in [0.29, 0.717) is 13.2 Å². The molecule has 1 saturated heterocycles. The Morgan fingerprint density at radius 3 is 3.07 bits per heavy atom. The number of ether oxygens (including phenoxy) is 2. The molecule has 15 heavy (non-hydrogen) atoms. The van der Waals surface area contributed by atoms with Crippen LogP contribution in [0.15, 0.2) is 18.2 Å². The third-order valence-electron chi connectivity index (χ3n) is 2.67. The van der Waals surface area contributed by atoms with Crippen molar-refractivity contribution in [2.24, 2.45) is 5.73 Å². The third-order valence-corrected chi connectivity index (χ3v) is 2.67. The van der Waals surface area contributed by atoms with Gasteiger partial charge in [0.1, 0.15) is 11.9 Å². The molecule has 1 aromatic rings. The predicted octanol–water partition coefficient (Wildman–Crippen LogP) is 1.62. The monoisotopic (exact) mass is 207 g/mol. The van der Waals surface area contributed by atoms with Gasteiger partial charge in [-0.15, -0.1) is 0 Å². The summed E-state index contributed by atoms with van der Waals surface area (Å²) in [6.45, 7) is 4.11. The molecule has 82 valence electrons. The van der Waals surface area contributed by atoms with Gasteiger partial charge in [0.05, 0.1) is 13.2 Å². The van der Waals surface area contributed by atoms with Gasteiger partial charge in [0.25, 0.3) is 0 Å². The summed E-state index contributed by atoms with van der Waals surface area (Å²) in [4.78, 5) is 0. The van der Waals surface area contributed by atoms with Gasteiger partial charge in [0.15, 0.2) is 0 Å². The van der Waals surface area contributed by atoms with E-state index in [2.05, 4.69) is 0 Å². The molecule has 1 atom stereocenters. The average molecular weight is 207 g/mol. The normalized spacial score (nSPS) is 20.5. The van der Waals surface area contributed by atoms with E-state index in [9.17, 15) is 0 Å². The van der Waals surface area contributed by atoms with Crippen molar-refractivity contribution in [3.05, 3.63) is 29.3 Å². The SMILES string of the molecule is Cc1ccc(CN)cc1OC1CCOC1. The van der Waals surface area contributed by atoms with Crippen LogP contribution in [0, 0.1) is 6.92 Å². The highest BCUT2D eigenvalue weighted by atomic mass is 16.5. The highest BCUT2D eigenvalue weighted by Crippen LogP contribution is 2.22. The summed E-state index contributed by atoms with van der Waals surface area (Å²) in [7, 11) is 0. The van der Waals surface area contributed by atoms with Crippen LogP contribution < -0.4 is 10.5 Å². The molecule has 1 heterocycles. The largest absolute Gasteiger partial charge is 0.488 e. The lowest BCUT2D eigenvalue weighted by molar-refractivity contribution is 0.141. The zero-order chi connectivity index (χ0) is 10.7. The quantitative estimate of drug-likeness (QED) is 0.819. The van der Waals surface area contributed by atoms with Crippen LogP contribution >= 0.6 is 0 Å². The molecule has 0 bridgehead atoms. The van der Waals surface area contributed by atoms with Crippen LogP contribution in [-0.4, -0.2) is 19.3 Å². The molecule has 2 rings (SSSR count). The maximum Gasteiger partial charge on any atom is 0.124 e. The molecular formula is C12H17NO2. The molecule has 0 saturated carbocycles. The van der Waals surface area contributed by atoms with E-state index in [1.165, 1.54) is 0 Å². The summed E-state index contributed by atoms with van der Waals surface area (Å²) >= 11 is 0. The highest BCUT2D eigenvalue weighted by Gasteiger charge is 2.17. The fourth-order valence-corrected chi connectivity index (χ4v) is 1.68. The van der Waals surface area contributed by atoms with E-state index >= 15 is 0 Å². The zero-order valence-electron chi connectivity index (χ0n) is 9.03. The van der Waals surface area contributed by atoms with Crippen LogP contribution in [0.2, 0.25) is 0 Å². The average Bonchev–Trinajstić information content (AvgIpc) is 2.74. The maximum atomic E-state index is 5.87. The number of rotatable bonds is 3. The number of benzene rings is 1. The van der Waals surface area contributed by atoms with Crippen molar-refractivity contribution in [2.75, 3.05) is 13.2 Å². The fraction of sp³-hybridized carbons (Fsp3) is 0.500. The molecule has 1 aromatic carbocycles. The molecule has 0 amide bonds. The lowest BCUT2D eigenvalue weighted by atomic mass is 10.1. The second kappa shape index (κ2) is 4.64. The van der Waals surface area contributed by atoms with Gasteiger partial charge in [-0.2, -0.15) is 0 Å². The Bertz CT molecular complexity index is 332. The smallest absolute Gasteiger partial charge is 0.124 e. The summed E-state index contributed by atoms with van der Waals surface area (Å²) in [5.74, 6) is 0.938. The first-order valence-corrected chi connectivity index (χ1v) is 5.33. The van der Waals surface area contributed by atoms with Crippen molar-refractivity contribution in [2.45, 2.75) is 26.0 Å². The molecule has 0 radical (unpaired) electrons. The van der Waals surface area contributed by atoms with Gasteiger partial charge in [0.2, 0.25) is 0 Å². The Hall–Kier alpha value is -1.06. The van der Waals surface area contributed by atoms with Crippen molar-refractivity contribution >= 4 is 0 Å². The molecular weight excluding hydrogens is 190 g/mol. The molecule has 3 heteroatoms. The second-order valence-electron chi connectivity index (χ2n) is 3.91. The molecule has 1 aliphatic heterocycles. The minimum atomic E-state index is 0.205. The highest BCUT2D eigenvalue weighted by molar-refractivity contribution is 5.36. The Kier molecular flexibility index (Phi) is 3.23. The molecule has 2 N–H and O–H groups in total. The van der Waals surface area contributed by atoms with Gasteiger partial charge < -0.3 is 15.2 Å². The number of hydrogen-bond acceptors (Lipinski definition) is 3. The first-order valence-electron chi connectivity index (χ1n) is 5.33. The maximum absolute atomic E-state index is 5.87. The molecule has 3 nitrogen and oxygen atoms in total. The molecule has 1 fully saturated rings. The number of nitrogens with two attached hydrogens (primary N) is 1. The number of aryl methyl sites for hydroxylation is 1. The van der Waals surface area contributed by atoms with E-state index in [1.54, 1.807) is 0 Å².